The van der Waals surface area contributed by atoms with Crippen molar-refractivity contribution in [1.82, 2.24) is 19.8 Å². The molecule has 0 saturated carbocycles. The van der Waals surface area contributed by atoms with Gasteiger partial charge in [-0.3, -0.25) is 4.68 Å². The van der Waals surface area contributed by atoms with E-state index >= 15 is 0 Å². The highest BCUT2D eigenvalue weighted by Crippen LogP contribution is 2.18. The molecule has 0 amide bonds. The van der Waals surface area contributed by atoms with E-state index in [1.165, 1.54) is 0 Å². The Bertz CT molecular complexity index is 526. The zero-order valence-corrected chi connectivity index (χ0v) is 14.2. The lowest BCUT2D eigenvalue weighted by atomic mass is 10.4. The molecule has 0 spiro atoms. The summed E-state index contributed by atoms with van der Waals surface area (Å²) in [6, 6.07) is 0. The molecule has 0 aromatic carbocycles. The van der Waals surface area contributed by atoms with E-state index in [4.69, 9.17) is 0 Å². The fraction of sp³-hybridized carbons (Fsp3) is 0.750. The normalized spacial score (nSPS) is 12.0. The number of nitrogens with zero attached hydrogens (tertiary/aromatic N) is 2. The van der Waals surface area contributed by atoms with Crippen molar-refractivity contribution in [3.63, 3.8) is 0 Å². The Morgan fingerprint density at radius 1 is 1.30 bits per heavy atom. The van der Waals surface area contributed by atoms with Crippen LogP contribution in [0.1, 0.15) is 18.3 Å². The molecule has 0 radical (unpaired) electrons. The van der Waals surface area contributed by atoms with Crippen LogP contribution in [0.3, 0.4) is 0 Å². The van der Waals surface area contributed by atoms with Gasteiger partial charge >= 0.3 is 0 Å². The molecule has 1 aromatic rings. The molecule has 8 heteroatoms. The van der Waals surface area contributed by atoms with Gasteiger partial charge < -0.3 is 5.32 Å². The topological polar surface area (TPSA) is 76.0 Å². The zero-order chi connectivity index (χ0) is 15.2. The number of aryl methyl sites for hydroxylation is 1. The summed E-state index contributed by atoms with van der Waals surface area (Å²) in [7, 11) is -3.47. The predicted molar refractivity (Wildman–Crippen MR) is 83.8 cm³/mol. The van der Waals surface area contributed by atoms with E-state index in [0.717, 1.165) is 18.8 Å². The molecule has 0 aliphatic rings. The van der Waals surface area contributed by atoms with Gasteiger partial charge in [-0.1, -0.05) is 6.92 Å². The van der Waals surface area contributed by atoms with Crippen LogP contribution in [0.2, 0.25) is 0 Å². The summed E-state index contributed by atoms with van der Waals surface area (Å²) >= 11 is 1.61. The van der Waals surface area contributed by atoms with Crippen LogP contribution in [0.25, 0.3) is 0 Å². The molecule has 0 fully saturated rings. The van der Waals surface area contributed by atoms with Crippen molar-refractivity contribution in [1.29, 1.82) is 0 Å². The first-order valence-corrected chi connectivity index (χ1v) is 9.55. The number of thioether (sulfide) groups is 1. The van der Waals surface area contributed by atoms with Crippen molar-refractivity contribution in [2.45, 2.75) is 32.2 Å². The Kier molecular flexibility index (Phi) is 7.01. The third-order valence-corrected chi connectivity index (χ3v) is 5.26. The molecule has 1 heterocycles. The predicted octanol–water partition coefficient (Wildman–Crippen LogP) is 0.751. The minimum atomic E-state index is -3.47. The van der Waals surface area contributed by atoms with Gasteiger partial charge in [0.15, 0.2) is 0 Å². The van der Waals surface area contributed by atoms with Crippen LogP contribution in [-0.2, 0) is 16.6 Å². The molecule has 1 rings (SSSR count). The number of sulfonamides is 1. The number of likely N-dealkylation sites (N-methyl/N-ethyl adjacent to an activating group) is 1. The largest absolute Gasteiger partial charge is 0.315 e. The van der Waals surface area contributed by atoms with Crippen molar-refractivity contribution in [3.05, 3.63) is 11.4 Å². The van der Waals surface area contributed by atoms with Gasteiger partial charge in [-0.05, 0) is 26.6 Å². The number of hydrogen-bond donors (Lipinski definition) is 2. The fourth-order valence-corrected chi connectivity index (χ4v) is 3.87. The van der Waals surface area contributed by atoms with Gasteiger partial charge in [-0.25, -0.2) is 13.1 Å². The molecule has 1 aromatic heterocycles. The van der Waals surface area contributed by atoms with Crippen molar-refractivity contribution in [3.8, 4) is 0 Å². The Hall–Kier alpha value is -0.570. The molecular formula is C12H24N4O2S2. The molecule has 116 valence electrons. The van der Waals surface area contributed by atoms with Crippen LogP contribution in [-0.4, -0.2) is 49.8 Å². The van der Waals surface area contributed by atoms with E-state index in [1.807, 2.05) is 13.2 Å². The first-order chi connectivity index (χ1) is 9.44. The van der Waals surface area contributed by atoms with Gasteiger partial charge in [0.1, 0.15) is 4.90 Å². The highest BCUT2D eigenvalue weighted by Gasteiger charge is 2.23. The van der Waals surface area contributed by atoms with E-state index in [9.17, 15) is 8.42 Å². The summed E-state index contributed by atoms with van der Waals surface area (Å²) < 4.78 is 29.0. The second kappa shape index (κ2) is 8.02. The maximum atomic E-state index is 12.3. The molecule has 0 bridgehead atoms. The highest BCUT2D eigenvalue weighted by atomic mass is 32.2. The molecule has 0 aliphatic heterocycles. The first-order valence-electron chi connectivity index (χ1n) is 6.67. The molecule has 0 saturated heterocycles. The number of hydrogen-bond acceptors (Lipinski definition) is 5. The van der Waals surface area contributed by atoms with Gasteiger partial charge in [0, 0.05) is 18.8 Å². The van der Waals surface area contributed by atoms with Crippen LogP contribution in [0.5, 0.6) is 0 Å². The Balaban J connectivity index is 2.89. The maximum Gasteiger partial charge on any atom is 0.244 e. The zero-order valence-electron chi connectivity index (χ0n) is 12.6. The first kappa shape index (κ1) is 17.5. The highest BCUT2D eigenvalue weighted by molar-refractivity contribution is 7.98. The number of aromatic nitrogens is 2. The second-order valence-corrected chi connectivity index (χ2v) is 7.16. The van der Waals surface area contributed by atoms with Crippen molar-refractivity contribution in [2.24, 2.45) is 0 Å². The summed E-state index contributed by atoms with van der Waals surface area (Å²) in [6.45, 7) is 8.34. The Morgan fingerprint density at radius 2 is 2.00 bits per heavy atom. The number of nitrogens with one attached hydrogen (secondary N) is 2. The lowest BCUT2D eigenvalue weighted by Crippen LogP contribution is -2.27. The van der Waals surface area contributed by atoms with Crippen LogP contribution in [0.4, 0.5) is 0 Å². The summed E-state index contributed by atoms with van der Waals surface area (Å²) in [5.74, 6) is 0.756. The molecule has 6 nitrogen and oxygen atoms in total. The third-order valence-electron chi connectivity index (χ3n) is 2.93. The van der Waals surface area contributed by atoms with E-state index in [-0.39, 0.29) is 0 Å². The van der Waals surface area contributed by atoms with Crippen molar-refractivity contribution < 1.29 is 8.42 Å². The molecular weight excluding hydrogens is 296 g/mol. The molecule has 0 unspecified atom stereocenters. The average Bonchev–Trinajstić information content (AvgIpc) is 2.65. The Morgan fingerprint density at radius 3 is 2.60 bits per heavy atom. The van der Waals surface area contributed by atoms with E-state index in [0.29, 0.717) is 29.4 Å². The van der Waals surface area contributed by atoms with E-state index < -0.39 is 10.0 Å². The lowest BCUT2D eigenvalue weighted by Gasteiger charge is -2.07. The van der Waals surface area contributed by atoms with Crippen LogP contribution in [0.15, 0.2) is 4.90 Å². The average molecular weight is 320 g/mol. The molecule has 20 heavy (non-hydrogen) atoms. The van der Waals surface area contributed by atoms with Crippen LogP contribution >= 0.6 is 11.8 Å². The summed E-state index contributed by atoms with van der Waals surface area (Å²) in [4.78, 5) is 0.315. The quantitative estimate of drug-likeness (QED) is 0.657. The monoisotopic (exact) mass is 320 g/mol. The van der Waals surface area contributed by atoms with Gasteiger partial charge in [0.05, 0.1) is 17.9 Å². The van der Waals surface area contributed by atoms with Gasteiger partial charge in [-0.2, -0.15) is 16.9 Å². The van der Waals surface area contributed by atoms with Crippen LogP contribution < -0.4 is 10.0 Å². The number of rotatable bonds is 9. The Labute approximate surface area is 125 Å². The second-order valence-electron chi connectivity index (χ2n) is 4.47. The van der Waals surface area contributed by atoms with Gasteiger partial charge in [0.25, 0.3) is 0 Å². The lowest BCUT2D eigenvalue weighted by molar-refractivity contribution is 0.549. The molecule has 2 N–H and O–H groups in total. The molecule has 0 atom stereocenters. The third kappa shape index (κ3) is 4.47. The van der Waals surface area contributed by atoms with Gasteiger partial charge in [0.2, 0.25) is 10.0 Å². The smallest absolute Gasteiger partial charge is 0.244 e. The van der Waals surface area contributed by atoms with Gasteiger partial charge in [-0.15, -0.1) is 0 Å². The summed E-state index contributed by atoms with van der Waals surface area (Å²) in [5.41, 5.74) is 1.24. The van der Waals surface area contributed by atoms with E-state index in [1.54, 1.807) is 30.3 Å². The molecule has 0 aliphatic carbocycles. The summed E-state index contributed by atoms with van der Waals surface area (Å²) in [5, 5.41) is 7.53. The van der Waals surface area contributed by atoms with Crippen molar-refractivity contribution in [2.75, 3.05) is 31.6 Å². The van der Waals surface area contributed by atoms with Crippen molar-refractivity contribution >= 4 is 21.8 Å². The summed E-state index contributed by atoms with van der Waals surface area (Å²) in [6.07, 6.45) is 1.95. The van der Waals surface area contributed by atoms with Crippen LogP contribution in [0, 0.1) is 13.8 Å². The maximum absolute atomic E-state index is 12.3. The standard InChI is InChI=1S/C12H24N4O2S2/c1-5-13-6-8-16-11(3)12(10(2)15-16)20(17,18)14-7-9-19-4/h13-14H,5-9H2,1-4H3. The minimum absolute atomic E-state index is 0.315. The van der Waals surface area contributed by atoms with E-state index in [2.05, 4.69) is 15.1 Å². The minimum Gasteiger partial charge on any atom is -0.315 e. The fourth-order valence-electron chi connectivity index (χ4n) is 2.00. The SMILES string of the molecule is CCNCCn1nc(C)c(S(=O)(=O)NCCSC)c1C.